The van der Waals surface area contributed by atoms with Crippen molar-refractivity contribution in [2.24, 2.45) is 4.99 Å². The van der Waals surface area contributed by atoms with Crippen LogP contribution in [0.1, 0.15) is 35.6 Å². The highest BCUT2D eigenvalue weighted by Crippen LogP contribution is 2.30. The zero-order chi connectivity index (χ0) is 10.7. The first-order valence-electron chi connectivity index (χ1n) is 5.53. The van der Waals surface area contributed by atoms with E-state index in [1.165, 1.54) is 16.7 Å². The summed E-state index contributed by atoms with van der Waals surface area (Å²) in [5.74, 6) is 0. The predicted molar refractivity (Wildman–Crippen MR) is 62.4 cm³/mol. The molecular weight excluding hydrogens is 186 g/mol. The number of aliphatic hydroxyl groups is 1. The van der Waals surface area contributed by atoms with E-state index in [1.54, 1.807) is 0 Å². The van der Waals surface area contributed by atoms with Crippen molar-refractivity contribution in [3.05, 3.63) is 34.9 Å². The molecule has 0 spiro atoms. The summed E-state index contributed by atoms with van der Waals surface area (Å²) in [6.07, 6.45) is 4.94. The molecule has 0 unspecified atom stereocenters. The molecule has 0 bridgehead atoms. The monoisotopic (exact) mass is 203 g/mol. The number of rotatable bonds is 3. The van der Waals surface area contributed by atoms with Gasteiger partial charge in [-0.2, -0.15) is 0 Å². The summed E-state index contributed by atoms with van der Waals surface area (Å²) in [5, 5.41) is 9.02. The summed E-state index contributed by atoms with van der Waals surface area (Å²) in [5.41, 5.74) is 3.82. The Bertz CT molecular complexity index is 371. The van der Waals surface area contributed by atoms with Gasteiger partial charge in [-0.3, -0.25) is 4.99 Å². The molecule has 2 rings (SSSR count). The van der Waals surface area contributed by atoms with Gasteiger partial charge in [0.2, 0.25) is 0 Å². The van der Waals surface area contributed by atoms with Gasteiger partial charge < -0.3 is 5.11 Å². The molecular formula is C13H17NO. The average Bonchev–Trinajstić information content (AvgIpc) is 2.74. The van der Waals surface area contributed by atoms with Crippen molar-refractivity contribution < 1.29 is 5.11 Å². The number of hydrogen-bond donors (Lipinski definition) is 1. The number of aliphatic hydroxyl groups excluding tert-OH is 1. The Morgan fingerprint density at radius 1 is 1.47 bits per heavy atom. The highest BCUT2D eigenvalue weighted by Gasteiger charge is 2.16. The van der Waals surface area contributed by atoms with Crippen LogP contribution in [0.5, 0.6) is 0 Å². The van der Waals surface area contributed by atoms with Gasteiger partial charge in [0.25, 0.3) is 0 Å². The fourth-order valence-corrected chi connectivity index (χ4v) is 2.12. The molecule has 0 saturated heterocycles. The van der Waals surface area contributed by atoms with E-state index >= 15 is 0 Å². The van der Waals surface area contributed by atoms with Crippen LogP contribution >= 0.6 is 0 Å². The van der Waals surface area contributed by atoms with Crippen molar-refractivity contribution in [3.8, 4) is 0 Å². The quantitative estimate of drug-likeness (QED) is 0.804. The third kappa shape index (κ3) is 2.26. The summed E-state index contributed by atoms with van der Waals surface area (Å²) in [6, 6.07) is 6.76. The maximum Gasteiger partial charge on any atom is 0.0751 e. The maximum absolute atomic E-state index is 9.02. The molecule has 0 aromatic heterocycles. The first-order chi connectivity index (χ1) is 7.31. The second-order valence-corrected chi connectivity index (χ2v) is 4.10. The molecule has 0 fully saturated rings. The van der Waals surface area contributed by atoms with Gasteiger partial charge >= 0.3 is 0 Å². The largest absolute Gasteiger partial charge is 0.396 e. The minimum Gasteiger partial charge on any atom is -0.396 e. The van der Waals surface area contributed by atoms with Crippen LogP contribution < -0.4 is 0 Å². The first kappa shape index (κ1) is 10.4. The van der Waals surface area contributed by atoms with Crippen molar-refractivity contribution in [3.63, 3.8) is 0 Å². The molecule has 2 heteroatoms. The Morgan fingerprint density at radius 3 is 3.00 bits per heavy atom. The molecule has 0 radical (unpaired) electrons. The number of aliphatic imine (C=N–C) groups is 1. The molecule has 1 heterocycles. The van der Waals surface area contributed by atoms with Crippen LogP contribution in [0.3, 0.4) is 0 Å². The first-order valence-corrected chi connectivity index (χ1v) is 5.53. The van der Waals surface area contributed by atoms with Gasteiger partial charge in [-0.1, -0.05) is 23.8 Å². The minimum atomic E-state index is 0.215. The Balaban J connectivity index is 2.33. The van der Waals surface area contributed by atoms with Gasteiger partial charge in [-0.05, 0) is 43.5 Å². The van der Waals surface area contributed by atoms with Crippen molar-refractivity contribution >= 4 is 6.21 Å². The molecule has 80 valence electrons. The van der Waals surface area contributed by atoms with Gasteiger partial charge in [-0.15, -0.1) is 0 Å². The Labute approximate surface area is 90.7 Å². The van der Waals surface area contributed by atoms with Crippen molar-refractivity contribution in [2.75, 3.05) is 6.61 Å². The zero-order valence-corrected chi connectivity index (χ0v) is 9.11. The maximum atomic E-state index is 9.02. The molecule has 2 nitrogen and oxygen atoms in total. The van der Waals surface area contributed by atoms with Gasteiger partial charge in [-0.25, -0.2) is 0 Å². The summed E-state index contributed by atoms with van der Waals surface area (Å²) in [7, 11) is 0. The zero-order valence-electron chi connectivity index (χ0n) is 9.11. The lowest BCUT2D eigenvalue weighted by atomic mass is 9.95. The molecule has 1 aromatic rings. The van der Waals surface area contributed by atoms with E-state index in [2.05, 4.69) is 30.1 Å². The highest BCUT2D eigenvalue weighted by molar-refractivity contribution is 5.60. The third-order valence-corrected chi connectivity index (χ3v) is 2.90. The molecule has 15 heavy (non-hydrogen) atoms. The van der Waals surface area contributed by atoms with Gasteiger partial charge in [0.15, 0.2) is 0 Å². The number of hydrogen-bond acceptors (Lipinski definition) is 2. The van der Waals surface area contributed by atoms with E-state index in [-0.39, 0.29) is 6.61 Å². The van der Waals surface area contributed by atoms with Crippen LogP contribution in [-0.2, 0) is 6.42 Å². The standard InChI is InChI=1S/C13H17NO/c1-10-4-5-11(6-8-15)12(9-10)13-3-2-7-14-13/h4-5,7,9,13,15H,2-3,6,8H2,1H3/t13-/m1/s1. The second-order valence-electron chi connectivity index (χ2n) is 4.10. The van der Waals surface area contributed by atoms with E-state index in [0.29, 0.717) is 6.04 Å². The molecule has 0 amide bonds. The number of aryl methyl sites for hydroxylation is 1. The second kappa shape index (κ2) is 4.58. The average molecular weight is 203 g/mol. The summed E-state index contributed by atoms with van der Waals surface area (Å²) >= 11 is 0. The fourth-order valence-electron chi connectivity index (χ4n) is 2.12. The van der Waals surface area contributed by atoms with Crippen molar-refractivity contribution in [1.82, 2.24) is 0 Å². The lowest BCUT2D eigenvalue weighted by Gasteiger charge is -2.13. The fraction of sp³-hybridized carbons (Fsp3) is 0.462. The van der Waals surface area contributed by atoms with Crippen LogP contribution in [0.2, 0.25) is 0 Å². The van der Waals surface area contributed by atoms with Crippen LogP contribution in [0, 0.1) is 6.92 Å². The normalized spacial score (nSPS) is 19.7. The van der Waals surface area contributed by atoms with Crippen molar-refractivity contribution in [1.29, 1.82) is 0 Å². The van der Waals surface area contributed by atoms with Gasteiger partial charge in [0, 0.05) is 6.61 Å². The SMILES string of the molecule is Cc1ccc(CCO)c([C@H]2CCC=N2)c1. The molecule has 1 aliphatic heterocycles. The van der Waals surface area contributed by atoms with Crippen LogP contribution in [0.25, 0.3) is 0 Å². The van der Waals surface area contributed by atoms with E-state index in [4.69, 9.17) is 5.11 Å². The molecule has 1 aromatic carbocycles. The smallest absolute Gasteiger partial charge is 0.0751 e. The molecule has 1 aliphatic rings. The molecule has 0 aliphatic carbocycles. The summed E-state index contributed by atoms with van der Waals surface area (Å²) in [4.78, 5) is 4.48. The Kier molecular flexibility index (Phi) is 3.17. The summed E-state index contributed by atoms with van der Waals surface area (Å²) < 4.78 is 0. The topological polar surface area (TPSA) is 32.6 Å². The van der Waals surface area contributed by atoms with Crippen LogP contribution in [0.4, 0.5) is 0 Å². The minimum absolute atomic E-state index is 0.215. The highest BCUT2D eigenvalue weighted by atomic mass is 16.2. The molecule has 1 atom stereocenters. The predicted octanol–water partition coefficient (Wildman–Crippen LogP) is 2.44. The lowest BCUT2D eigenvalue weighted by molar-refractivity contribution is 0.299. The number of nitrogens with zero attached hydrogens (tertiary/aromatic N) is 1. The van der Waals surface area contributed by atoms with E-state index in [0.717, 1.165) is 19.3 Å². The van der Waals surface area contributed by atoms with Gasteiger partial charge in [0.05, 0.1) is 6.04 Å². The molecule has 1 N–H and O–H groups in total. The van der Waals surface area contributed by atoms with E-state index < -0.39 is 0 Å². The van der Waals surface area contributed by atoms with Crippen LogP contribution in [-0.4, -0.2) is 17.9 Å². The molecule has 0 saturated carbocycles. The summed E-state index contributed by atoms with van der Waals surface area (Å²) in [6.45, 7) is 2.32. The van der Waals surface area contributed by atoms with Gasteiger partial charge in [0.1, 0.15) is 0 Å². The van der Waals surface area contributed by atoms with E-state index in [1.807, 2.05) is 6.21 Å². The Hall–Kier alpha value is -1.15. The number of benzene rings is 1. The van der Waals surface area contributed by atoms with E-state index in [9.17, 15) is 0 Å². The van der Waals surface area contributed by atoms with Crippen molar-refractivity contribution in [2.45, 2.75) is 32.2 Å². The third-order valence-electron chi connectivity index (χ3n) is 2.90. The lowest BCUT2D eigenvalue weighted by Crippen LogP contribution is -2.01. The Morgan fingerprint density at radius 2 is 2.33 bits per heavy atom. The van der Waals surface area contributed by atoms with Crippen LogP contribution in [0.15, 0.2) is 23.2 Å².